The van der Waals surface area contributed by atoms with Crippen LogP contribution in [0, 0.1) is 0 Å². The number of hydrogen-bond acceptors (Lipinski definition) is 2. The molecule has 2 aromatic rings. The molecule has 1 aromatic heterocycles. The van der Waals surface area contributed by atoms with Crippen LogP contribution in [0.2, 0.25) is 0 Å². The fourth-order valence-corrected chi connectivity index (χ4v) is 2.14. The lowest BCUT2D eigenvalue weighted by molar-refractivity contribution is 0.689. The molecule has 1 aromatic carbocycles. The maximum atomic E-state index is 4.17. The average Bonchev–Trinajstić information content (AvgIpc) is 3.14. The number of aromatic nitrogens is 2. The third-order valence-electron chi connectivity index (χ3n) is 3.53. The van der Waals surface area contributed by atoms with Crippen LogP contribution in [0.1, 0.15) is 30.9 Å². The highest BCUT2D eigenvalue weighted by Gasteiger charge is 2.20. The van der Waals surface area contributed by atoms with Crippen molar-refractivity contribution in [1.29, 1.82) is 0 Å². The highest BCUT2D eigenvalue weighted by molar-refractivity contribution is 5.62. The van der Waals surface area contributed by atoms with Crippen LogP contribution in [0.25, 0.3) is 11.3 Å². The van der Waals surface area contributed by atoms with Gasteiger partial charge < -0.3 is 5.32 Å². The molecule has 0 spiro atoms. The second-order valence-corrected chi connectivity index (χ2v) is 4.98. The fourth-order valence-electron chi connectivity index (χ4n) is 2.14. The number of hydrogen-bond donors (Lipinski definition) is 2. The average molecular weight is 241 g/mol. The Bertz CT molecular complexity index is 509. The van der Waals surface area contributed by atoms with Gasteiger partial charge in [0.25, 0.3) is 0 Å². The van der Waals surface area contributed by atoms with E-state index >= 15 is 0 Å². The number of aromatic amines is 1. The number of rotatable bonds is 5. The molecule has 1 heterocycles. The van der Waals surface area contributed by atoms with Crippen molar-refractivity contribution in [2.75, 3.05) is 0 Å². The van der Waals surface area contributed by atoms with Gasteiger partial charge in [0.05, 0.1) is 11.9 Å². The minimum Gasteiger partial charge on any atom is -0.310 e. The molecule has 0 radical (unpaired) electrons. The maximum Gasteiger partial charge on any atom is 0.0695 e. The van der Waals surface area contributed by atoms with Gasteiger partial charge in [0.1, 0.15) is 0 Å². The van der Waals surface area contributed by atoms with Gasteiger partial charge in [-0.1, -0.05) is 31.2 Å². The van der Waals surface area contributed by atoms with Crippen LogP contribution < -0.4 is 5.32 Å². The molecule has 18 heavy (non-hydrogen) atoms. The van der Waals surface area contributed by atoms with E-state index in [1.54, 1.807) is 0 Å². The predicted molar refractivity (Wildman–Crippen MR) is 73.3 cm³/mol. The summed E-state index contributed by atoms with van der Waals surface area (Å²) in [6.45, 7) is 3.09. The van der Waals surface area contributed by atoms with Gasteiger partial charge in [-0.05, 0) is 30.4 Å². The Balaban J connectivity index is 1.78. The molecule has 0 aliphatic heterocycles. The van der Waals surface area contributed by atoms with Gasteiger partial charge in [-0.25, -0.2) is 0 Å². The van der Waals surface area contributed by atoms with Crippen molar-refractivity contribution in [1.82, 2.24) is 15.5 Å². The zero-order chi connectivity index (χ0) is 12.4. The number of H-pyrrole nitrogens is 1. The molecule has 0 amide bonds. The molecule has 1 aliphatic rings. The Kier molecular flexibility index (Phi) is 3.15. The topological polar surface area (TPSA) is 40.7 Å². The second kappa shape index (κ2) is 4.94. The van der Waals surface area contributed by atoms with Gasteiger partial charge >= 0.3 is 0 Å². The van der Waals surface area contributed by atoms with E-state index in [1.165, 1.54) is 29.5 Å². The summed E-state index contributed by atoms with van der Waals surface area (Å²) in [6.07, 6.45) is 5.65. The summed E-state index contributed by atoms with van der Waals surface area (Å²) in [5.41, 5.74) is 4.99. The van der Waals surface area contributed by atoms with Crippen molar-refractivity contribution in [2.24, 2.45) is 0 Å². The standard InChI is InChI=1S/C15H19N3/c1-2-11-3-5-12(6-4-11)15-13(10-17-18-15)9-16-14-7-8-14/h3-6,10,14,16H,2,7-9H2,1H3,(H,17,18). The maximum absolute atomic E-state index is 4.17. The molecule has 3 nitrogen and oxygen atoms in total. The number of nitrogens with zero attached hydrogens (tertiary/aromatic N) is 1. The lowest BCUT2D eigenvalue weighted by Crippen LogP contribution is -2.15. The Morgan fingerprint density at radius 1 is 1.28 bits per heavy atom. The molecule has 1 fully saturated rings. The molecule has 1 aliphatic carbocycles. The van der Waals surface area contributed by atoms with Crippen molar-refractivity contribution in [3.63, 3.8) is 0 Å². The second-order valence-electron chi connectivity index (χ2n) is 4.98. The van der Waals surface area contributed by atoms with Crippen LogP contribution in [-0.4, -0.2) is 16.2 Å². The Morgan fingerprint density at radius 3 is 2.72 bits per heavy atom. The summed E-state index contributed by atoms with van der Waals surface area (Å²) in [5, 5.41) is 10.8. The third kappa shape index (κ3) is 2.46. The molecule has 3 rings (SSSR count). The lowest BCUT2D eigenvalue weighted by atomic mass is 10.1. The van der Waals surface area contributed by atoms with E-state index in [0.717, 1.165) is 24.7 Å². The summed E-state index contributed by atoms with van der Waals surface area (Å²) in [5.74, 6) is 0. The number of benzene rings is 1. The minimum atomic E-state index is 0.732. The van der Waals surface area contributed by atoms with Crippen LogP contribution >= 0.6 is 0 Å². The van der Waals surface area contributed by atoms with Crippen LogP contribution in [-0.2, 0) is 13.0 Å². The van der Waals surface area contributed by atoms with E-state index in [0.29, 0.717) is 0 Å². The molecule has 1 saturated carbocycles. The van der Waals surface area contributed by atoms with Crippen LogP contribution in [0.3, 0.4) is 0 Å². The fraction of sp³-hybridized carbons (Fsp3) is 0.400. The van der Waals surface area contributed by atoms with Crippen molar-refractivity contribution in [3.8, 4) is 11.3 Å². The SMILES string of the molecule is CCc1ccc(-c2[nH]ncc2CNC2CC2)cc1. The summed E-state index contributed by atoms with van der Waals surface area (Å²) < 4.78 is 0. The van der Waals surface area contributed by atoms with Crippen molar-refractivity contribution < 1.29 is 0 Å². The smallest absolute Gasteiger partial charge is 0.0695 e. The van der Waals surface area contributed by atoms with E-state index in [-0.39, 0.29) is 0 Å². The molecular weight excluding hydrogens is 222 g/mol. The summed E-state index contributed by atoms with van der Waals surface area (Å²) in [7, 11) is 0. The van der Waals surface area contributed by atoms with Gasteiger partial charge in [-0.3, -0.25) is 5.10 Å². The molecule has 0 unspecified atom stereocenters. The van der Waals surface area contributed by atoms with Gasteiger partial charge in [0, 0.05) is 18.2 Å². The van der Waals surface area contributed by atoms with E-state index in [2.05, 4.69) is 46.7 Å². The van der Waals surface area contributed by atoms with E-state index < -0.39 is 0 Å². The first-order valence-electron chi connectivity index (χ1n) is 6.71. The Labute approximate surface area is 108 Å². The Morgan fingerprint density at radius 2 is 2.06 bits per heavy atom. The summed E-state index contributed by atoms with van der Waals surface area (Å²) >= 11 is 0. The monoisotopic (exact) mass is 241 g/mol. The number of aryl methyl sites for hydroxylation is 1. The first kappa shape index (κ1) is 11.5. The molecule has 2 N–H and O–H groups in total. The first-order chi connectivity index (χ1) is 8.86. The van der Waals surface area contributed by atoms with E-state index in [9.17, 15) is 0 Å². The van der Waals surface area contributed by atoms with Crippen LogP contribution in [0.15, 0.2) is 30.5 Å². The van der Waals surface area contributed by atoms with Crippen LogP contribution in [0.5, 0.6) is 0 Å². The molecule has 0 bridgehead atoms. The van der Waals surface area contributed by atoms with Crippen LogP contribution in [0.4, 0.5) is 0 Å². The molecule has 94 valence electrons. The normalized spacial score (nSPS) is 14.9. The molecule has 0 atom stereocenters. The van der Waals surface area contributed by atoms with Crippen molar-refractivity contribution in [2.45, 2.75) is 38.8 Å². The van der Waals surface area contributed by atoms with Gasteiger partial charge in [0.2, 0.25) is 0 Å². The quantitative estimate of drug-likeness (QED) is 0.845. The highest BCUT2D eigenvalue weighted by Crippen LogP contribution is 2.24. The van der Waals surface area contributed by atoms with Crippen molar-refractivity contribution in [3.05, 3.63) is 41.6 Å². The molecule has 3 heteroatoms. The predicted octanol–water partition coefficient (Wildman–Crippen LogP) is 2.89. The largest absolute Gasteiger partial charge is 0.310 e. The zero-order valence-electron chi connectivity index (χ0n) is 10.7. The zero-order valence-corrected chi connectivity index (χ0v) is 10.7. The Hall–Kier alpha value is -1.61. The van der Waals surface area contributed by atoms with Crippen molar-refractivity contribution >= 4 is 0 Å². The summed E-state index contributed by atoms with van der Waals surface area (Å²) in [4.78, 5) is 0. The lowest BCUT2D eigenvalue weighted by Gasteiger charge is -2.05. The van der Waals surface area contributed by atoms with Gasteiger partial charge in [-0.15, -0.1) is 0 Å². The highest BCUT2D eigenvalue weighted by atomic mass is 15.1. The van der Waals surface area contributed by atoms with E-state index in [4.69, 9.17) is 0 Å². The minimum absolute atomic E-state index is 0.732. The van der Waals surface area contributed by atoms with Gasteiger partial charge in [-0.2, -0.15) is 5.10 Å². The molecular formula is C15H19N3. The summed E-state index contributed by atoms with van der Waals surface area (Å²) in [6, 6.07) is 9.46. The number of nitrogens with one attached hydrogen (secondary N) is 2. The molecule has 0 saturated heterocycles. The van der Waals surface area contributed by atoms with E-state index in [1.807, 2.05) is 6.20 Å². The third-order valence-corrected chi connectivity index (χ3v) is 3.53. The van der Waals surface area contributed by atoms with Gasteiger partial charge in [0.15, 0.2) is 0 Å². The first-order valence-corrected chi connectivity index (χ1v) is 6.71.